The van der Waals surface area contributed by atoms with E-state index in [9.17, 15) is 19.6 Å². The van der Waals surface area contributed by atoms with Crippen molar-refractivity contribution in [1.29, 1.82) is 10.5 Å². The topological polar surface area (TPSA) is 105 Å². The summed E-state index contributed by atoms with van der Waals surface area (Å²) >= 11 is 0. The minimum absolute atomic E-state index is 0.124. The standard InChI is InChI=1S/C15H10N4O3/c1-8-10(7-17)9(6-16)2-3-11(8)19-14(21)13-12(20)4-5-18(13)15(19)22/h2-3,13H,4-5H2,1H3/t13-/m0/s1. The molecule has 0 aromatic heterocycles. The van der Waals surface area contributed by atoms with Crippen LogP contribution in [0.4, 0.5) is 10.5 Å². The normalized spacial score (nSPS) is 20.1. The van der Waals surface area contributed by atoms with Gasteiger partial charge in [-0.3, -0.25) is 9.59 Å². The maximum atomic E-state index is 12.4. The van der Waals surface area contributed by atoms with Gasteiger partial charge in [0.2, 0.25) is 0 Å². The lowest BCUT2D eigenvalue weighted by Crippen LogP contribution is -2.34. The van der Waals surface area contributed by atoms with Crippen LogP contribution in [-0.2, 0) is 9.59 Å². The third kappa shape index (κ3) is 1.63. The van der Waals surface area contributed by atoms with Crippen LogP contribution in [0.25, 0.3) is 0 Å². The minimum Gasteiger partial charge on any atom is -0.304 e. The highest BCUT2D eigenvalue weighted by atomic mass is 16.2. The Morgan fingerprint density at radius 2 is 1.91 bits per heavy atom. The van der Waals surface area contributed by atoms with Crippen LogP contribution in [0.3, 0.4) is 0 Å². The molecule has 2 fully saturated rings. The molecule has 1 atom stereocenters. The van der Waals surface area contributed by atoms with Gasteiger partial charge in [-0.1, -0.05) is 0 Å². The molecule has 3 amide bonds. The Kier molecular flexibility index (Phi) is 2.93. The number of ketones is 1. The second kappa shape index (κ2) is 4.68. The summed E-state index contributed by atoms with van der Waals surface area (Å²) < 4.78 is 0. The number of carbonyl (C=O) groups is 3. The van der Waals surface area contributed by atoms with Crippen molar-refractivity contribution in [2.75, 3.05) is 11.4 Å². The summed E-state index contributed by atoms with van der Waals surface area (Å²) in [6, 6.07) is 5.06. The molecule has 0 N–H and O–H groups in total. The monoisotopic (exact) mass is 294 g/mol. The van der Waals surface area contributed by atoms with Gasteiger partial charge in [0.15, 0.2) is 11.8 Å². The SMILES string of the molecule is Cc1c(N2C(=O)[C@@H]3C(=O)CCN3C2=O)ccc(C#N)c1C#N. The molecule has 108 valence electrons. The molecule has 7 heteroatoms. The molecule has 1 aromatic carbocycles. The fourth-order valence-corrected chi connectivity index (χ4v) is 2.89. The Morgan fingerprint density at radius 1 is 1.18 bits per heavy atom. The van der Waals surface area contributed by atoms with Crippen molar-refractivity contribution in [2.24, 2.45) is 0 Å². The molecule has 0 spiro atoms. The van der Waals surface area contributed by atoms with E-state index in [0.717, 1.165) is 4.90 Å². The number of amides is 3. The predicted octanol–water partition coefficient (Wildman–Crippen LogP) is 0.848. The van der Waals surface area contributed by atoms with Gasteiger partial charge in [-0.15, -0.1) is 0 Å². The van der Waals surface area contributed by atoms with Crippen LogP contribution < -0.4 is 4.90 Å². The van der Waals surface area contributed by atoms with E-state index in [-0.39, 0.29) is 35.6 Å². The lowest BCUT2D eigenvalue weighted by molar-refractivity contribution is -0.127. The fraction of sp³-hybridized carbons (Fsp3) is 0.267. The van der Waals surface area contributed by atoms with E-state index in [1.165, 1.54) is 17.0 Å². The molecule has 2 heterocycles. The molecular weight excluding hydrogens is 284 g/mol. The molecular formula is C15H10N4O3. The first-order chi connectivity index (χ1) is 10.5. The van der Waals surface area contributed by atoms with Crippen LogP contribution in [0.5, 0.6) is 0 Å². The average molecular weight is 294 g/mol. The summed E-state index contributed by atoms with van der Waals surface area (Å²) in [5.41, 5.74) is 0.919. The van der Waals surface area contributed by atoms with E-state index >= 15 is 0 Å². The molecule has 2 saturated heterocycles. The second-order valence-corrected chi connectivity index (χ2v) is 5.12. The van der Waals surface area contributed by atoms with E-state index in [4.69, 9.17) is 5.26 Å². The molecule has 0 radical (unpaired) electrons. The number of anilines is 1. The summed E-state index contributed by atoms with van der Waals surface area (Å²) in [5, 5.41) is 18.2. The lowest BCUT2D eigenvalue weighted by Gasteiger charge is -2.18. The largest absolute Gasteiger partial charge is 0.332 e. The van der Waals surface area contributed by atoms with E-state index < -0.39 is 18.0 Å². The minimum atomic E-state index is -1.05. The van der Waals surface area contributed by atoms with Crippen LogP contribution >= 0.6 is 0 Å². The molecule has 22 heavy (non-hydrogen) atoms. The van der Waals surface area contributed by atoms with Crippen LogP contribution in [0.15, 0.2) is 12.1 Å². The number of Topliss-reactive ketones (excluding diaryl/α,β-unsaturated/α-hetero) is 1. The van der Waals surface area contributed by atoms with Crippen LogP contribution in [0.1, 0.15) is 23.1 Å². The van der Waals surface area contributed by atoms with Gasteiger partial charge in [0, 0.05) is 13.0 Å². The molecule has 0 saturated carbocycles. The number of imide groups is 1. The molecule has 0 bridgehead atoms. The van der Waals surface area contributed by atoms with Crippen molar-refractivity contribution < 1.29 is 14.4 Å². The number of nitrogens with zero attached hydrogens (tertiary/aromatic N) is 4. The van der Waals surface area contributed by atoms with Crippen LogP contribution in [-0.4, -0.2) is 35.2 Å². The van der Waals surface area contributed by atoms with Crippen molar-refractivity contribution in [1.82, 2.24) is 4.90 Å². The Morgan fingerprint density at radius 3 is 2.50 bits per heavy atom. The fourth-order valence-electron chi connectivity index (χ4n) is 2.89. The van der Waals surface area contributed by atoms with Gasteiger partial charge in [0.05, 0.1) is 16.8 Å². The Labute approximate surface area is 125 Å². The number of nitriles is 2. The Hall–Kier alpha value is -3.19. The van der Waals surface area contributed by atoms with Gasteiger partial charge in [0.1, 0.15) is 12.1 Å². The smallest absolute Gasteiger partial charge is 0.304 e. The molecule has 7 nitrogen and oxygen atoms in total. The number of fused-ring (bicyclic) bond motifs is 1. The van der Waals surface area contributed by atoms with Gasteiger partial charge in [-0.2, -0.15) is 10.5 Å². The van der Waals surface area contributed by atoms with Gasteiger partial charge in [-0.25, -0.2) is 9.69 Å². The summed E-state index contributed by atoms with van der Waals surface area (Å²) in [5.74, 6) is -0.864. The van der Waals surface area contributed by atoms with E-state index in [0.29, 0.717) is 5.56 Å². The van der Waals surface area contributed by atoms with Gasteiger partial charge < -0.3 is 4.90 Å². The predicted molar refractivity (Wildman–Crippen MR) is 73.6 cm³/mol. The maximum Gasteiger partial charge on any atom is 0.332 e. The summed E-state index contributed by atoms with van der Waals surface area (Å²) in [6.45, 7) is 1.80. The zero-order valence-electron chi connectivity index (χ0n) is 11.7. The third-order valence-corrected chi connectivity index (χ3v) is 4.02. The number of rotatable bonds is 1. The summed E-state index contributed by atoms with van der Waals surface area (Å²) in [4.78, 5) is 38.7. The number of carbonyl (C=O) groups excluding carboxylic acids is 3. The molecule has 1 aromatic rings. The summed E-state index contributed by atoms with van der Waals surface area (Å²) in [7, 11) is 0. The van der Waals surface area contributed by atoms with E-state index in [1.807, 2.05) is 12.1 Å². The molecule has 2 aliphatic rings. The van der Waals surface area contributed by atoms with Crippen molar-refractivity contribution in [3.8, 4) is 12.1 Å². The van der Waals surface area contributed by atoms with E-state index in [1.54, 1.807) is 6.92 Å². The van der Waals surface area contributed by atoms with Gasteiger partial charge >= 0.3 is 6.03 Å². The van der Waals surface area contributed by atoms with Crippen LogP contribution in [0, 0.1) is 29.6 Å². The Bertz CT molecular complexity index is 815. The maximum absolute atomic E-state index is 12.4. The number of hydrogen-bond acceptors (Lipinski definition) is 5. The second-order valence-electron chi connectivity index (χ2n) is 5.12. The van der Waals surface area contributed by atoms with Crippen molar-refractivity contribution in [2.45, 2.75) is 19.4 Å². The van der Waals surface area contributed by atoms with Gasteiger partial charge in [0.25, 0.3) is 5.91 Å². The van der Waals surface area contributed by atoms with Crippen molar-refractivity contribution >= 4 is 23.4 Å². The molecule has 2 aliphatic heterocycles. The van der Waals surface area contributed by atoms with Crippen molar-refractivity contribution in [3.63, 3.8) is 0 Å². The first kappa shape index (κ1) is 13.8. The van der Waals surface area contributed by atoms with E-state index in [2.05, 4.69) is 0 Å². The highest BCUT2D eigenvalue weighted by molar-refractivity contribution is 6.29. The van der Waals surface area contributed by atoms with Crippen molar-refractivity contribution in [3.05, 3.63) is 28.8 Å². The molecule has 0 aliphatic carbocycles. The Balaban J connectivity index is 2.12. The third-order valence-electron chi connectivity index (χ3n) is 4.02. The van der Waals surface area contributed by atoms with Gasteiger partial charge in [-0.05, 0) is 24.6 Å². The highest BCUT2D eigenvalue weighted by Crippen LogP contribution is 2.33. The van der Waals surface area contributed by atoms with Crippen LogP contribution in [0.2, 0.25) is 0 Å². The first-order valence-corrected chi connectivity index (χ1v) is 6.62. The average Bonchev–Trinajstić information content (AvgIpc) is 3.00. The lowest BCUT2D eigenvalue weighted by atomic mass is 10.0. The first-order valence-electron chi connectivity index (χ1n) is 6.62. The quantitative estimate of drug-likeness (QED) is 0.564. The zero-order chi connectivity index (χ0) is 16.0. The number of hydrogen-bond donors (Lipinski definition) is 0. The molecule has 0 unspecified atom stereocenters. The molecule has 3 rings (SSSR count). The number of benzene rings is 1. The number of urea groups is 1. The highest BCUT2D eigenvalue weighted by Gasteiger charge is 2.52. The zero-order valence-corrected chi connectivity index (χ0v) is 11.7. The summed E-state index contributed by atoms with van der Waals surface area (Å²) in [6.07, 6.45) is 0.186.